The summed E-state index contributed by atoms with van der Waals surface area (Å²) in [5.74, 6) is 1.42. The first kappa shape index (κ1) is 38.3. The monoisotopic (exact) mass is 589 g/mol. The number of nitrogens with one attached hydrogen (secondary N) is 1. The lowest BCUT2D eigenvalue weighted by Crippen LogP contribution is -2.24. The Morgan fingerprint density at radius 3 is 1.36 bits per heavy atom. The Kier molecular flexibility index (Phi) is 26.7. The molecule has 0 heterocycles. The van der Waals surface area contributed by atoms with E-state index in [4.69, 9.17) is 15.2 Å². The van der Waals surface area contributed by atoms with Crippen LogP contribution in [0.15, 0.2) is 18.2 Å². The van der Waals surface area contributed by atoms with Crippen LogP contribution in [0, 0.1) is 0 Å². The lowest BCUT2D eigenvalue weighted by Gasteiger charge is -2.13. The SMILES string of the molecule is CCCCCCCCCCCCOc1cc(OCCCCCCCCCCCC)cc(C(=O)NCCCCCCN)c1. The molecule has 5 heteroatoms. The molecular weight excluding hydrogens is 520 g/mol. The van der Waals surface area contributed by atoms with Gasteiger partial charge in [0.05, 0.1) is 13.2 Å². The lowest BCUT2D eigenvalue weighted by atomic mass is 10.1. The Morgan fingerprint density at radius 2 is 0.929 bits per heavy atom. The molecule has 5 nitrogen and oxygen atoms in total. The number of hydrogen-bond donors (Lipinski definition) is 2. The fourth-order valence-corrected chi connectivity index (χ4v) is 5.36. The van der Waals surface area contributed by atoms with Crippen LogP contribution in [0.3, 0.4) is 0 Å². The van der Waals surface area contributed by atoms with Gasteiger partial charge in [-0.25, -0.2) is 0 Å². The van der Waals surface area contributed by atoms with Crippen molar-refractivity contribution in [3.05, 3.63) is 23.8 Å². The fourth-order valence-electron chi connectivity index (χ4n) is 5.36. The second kappa shape index (κ2) is 29.3. The first-order valence-electron chi connectivity index (χ1n) is 18.1. The van der Waals surface area contributed by atoms with E-state index >= 15 is 0 Å². The number of amides is 1. The van der Waals surface area contributed by atoms with Crippen LogP contribution in [0.5, 0.6) is 11.5 Å². The Balaban J connectivity index is 2.42. The van der Waals surface area contributed by atoms with Gasteiger partial charge in [0.25, 0.3) is 5.91 Å². The molecule has 0 fully saturated rings. The van der Waals surface area contributed by atoms with Gasteiger partial charge in [-0.3, -0.25) is 4.79 Å². The van der Waals surface area contributed by atoms with Crippen molar-refractivity contribution in [3.8, 4) is 11.5 Å². The van der Waals surface area contributed by atoms with Gasteiger partial charge in [0.1, 0.15) is 11.5 Å². The van der Waals surface area contributed by atoms with Crippen LogP contribution in [0.1, 0.15) is 178 Å². The maximum absolute atomic E-state index is 12.9. The lowest BCUT2D eigenvalue weighted by molar-refractivity contribution is 0.0952. The highest BCUT2D eigenvalue weighted by Crippen LogP contribution is 2.24. The molecule has 0 unspecified atom stereocenters. The summed E-state index contributed by atoms with van der Waals surface area (Å²) in [5.41, 5.74) is 6.20. The van der Waals surface area contributed by atoms with E-state index in [-0.39, 0.29) is 5.91 Å². The van der Waals surface area contributed by atoms with Gasteiger partial charge in [0.15, 0.2) is 0 Å². The van der Waals surface area contributed by atoms with E-state index in [9.17, 15) is 4.79 Å². The minimum Gasteiger partial charge on any atom is -0.493 e. The van der Waals surface area contributed by atoms with Crippen molar-refractivity contribution < 1.29 is 14.3 Å². The summed E-state index contributed by atoms with van der Waals surface area (Å²) in [4.78, 5) is 12.9. The normalized spacial score (nSPS) is 11.1. The van der Waals surface area contributed by atoms with E-state index in [1.165, 1.54) is 116 Å². The molecule has 0 aliphatic rings. The number of carbonyl (C=O) groups excluding carboxylic acids is 1. The Labute approximate surface area is 260 Å². The third-order valence-corrected chi connectivity index (χ3v) is 8.09. The van der Waals surface area contributed by atoms with E-state index < -0.39 is 0 Å². The average Bonchev–Trinajstić information content (AvgIpc) is 3.00. The summed E-state index contributed by atoms with van der Waals surface area (Å²) < 4.78 is 12.2. The van der Waals surface area contributed by atoms with Crippen molar-refractivity contribution in [1.29, 1.82) is 0 Å². The number of benzene rings is 1. The number of rotatable bonds is 31. The molecular formula is C37H68N2O3. The molecule has 0 saturated heterocycles. The number of carbonyl (C=O) groups is 1. The van der Waals surface area contributed by atoms with E-state index in [1.807, 2.05) is 18.2 Å². The average molecular weight is 589 g/mol. The summed E-state index contributed by atoms with van der Waals surface area (Å²) in [6.45, 7) is 7.32. The molecule has 0 bridgehead atoms. The zero-order chi connectivity index (χ0) is 30.4. The molecule has 244 valence electrons. The zero-order valence-electron chi connectivity index (χ0n) is 27.8. The standard InChI is InChI=1S/C37H68N2O3/c1-3-5-7-9-11-13-15-17-21-25-29-41-35-31-34(37(40)39-28-24-20-19-23-27-38)32-36(33-35)42-30-26-22-18-16-14-12-10-8-6-4-2/h31-33H,3-30,38H2,1-2H3,(H,39,40). The van der Waals surface area contributed by atoms with Gasteiger partial charge in [-0.05, 0) is 44.4 Å². The second-order valence-electron chi connectivity index (χ2n) is 12.2. The van der Waals surface area contributed by atoms with Crippen LogP contribution in [-0.2, 0) is 0 Å². The molecule has 0 aliphatic carbocycles. The van der Waals surface area contributed by atoms with Crippen molar-refractivity contribution in [2.24, 2.45) is 5.73 Å². The molecule has 3 N–H and O–H groups in total. The van der Waals surface area contributed by atoms with Crippen molar-refractivity contribution >= 4 is 5.91 Å². The minimum absolute atomic E-state index is 0.0537. The first-order chi connectivity index (χ1) is 20.7. The van der Waals surface area contributed by atoms with Crippen LogP contribution in [0.25, 0.3) is 0 Å². The topological polar surface area (TPSA) is 73.6 Å². The van der Waals surface area contributed by atoms with E-state index in [0.717, 1.165) is 56.6 Å². The quantitative estimate of drug-likeness (QED) is 0.0846. The summed E-state index contributed by atoms with van der Waals surface area (Å²) in [7, 11) is 0. The number of unbranched alkanes of at least 4 members (excludes halogenated alkanes) is 21. The summed E-state index contributed by atoms with van der Waals surface area (Å²) in [6.07, 6.45) is 30.3. The van der Waals surface area contributed by atoms with Crippen LogP contribution in [0.2, 0.25) is 0 Å². The van der Waals surface area contributed by atoms with E-state index in [2.05, 4.69) is 19.2 Å². The smallest absolute Gasteiger partial charge is 0.251 e. The van der Waals surface area contributed by atoms with Crippen LogP contribution < -0.4 is 20.5 Å². The van der Waals surface area contributed by atoms with Crippen LogP contribution >= 0.6 is 0 Å². The molecule has 0 aromatic heterocycles. The largest absolute Gasteiger partial charge is 0.493 e. The van der Waals surface area contributed by atoms with Crippen molar-refractivity contribution in [1.82, 2.24) is 5.32 Å². The fraction of sp³-hybridized carbons (Fsp3) is 0.811. The van der Waals surface area contributed by atoms with Gasteiger partial charge in [-0.2, -0.15) is 0 Å². The summed E-state index contributed by atoms with van der Waals surface area (Å²) in [6, 6.07) is 5.69. The van der Waals surface area contributed by atoms with Gasteiger partial charge < -0.3 is 20.5 Å². The maximum atomic E-state index is 12.9. The summed E-state index contributed by atoms with van der Waals surface area (Å²) >= 11 is 0. The van der Waals surface area contributed by atoms with Gasteiger partial charge in [-0.1, -0.05) is 142 Å². The predicted octanol–water partition coefficient (Wildman–Crippen LogP) is 10.5. The highest BCUT2D eigenvalue weighted by atomic mass is 16.5. The molecule has 0 atom stereocenters. The van der Waals surface area contributed by atoms with Crippen LogP contribution in [0.4, 0.5) is 0 Å². The number of ether oxygens (including phenoxy) is 2. The Morgan fingerprint density at radius 1 is 0.548 bits per heavy atom. The van der Waals surface area contributed by atoms with E-state index in [0.29, 0.717) is 25.3 Å². The highest BCUT2D eigenvalue weighted by Gasteiger charge is 2.11. The Hall–Kier alpha value is -1.75. The van der Waals surface area contributed by atoms with Gasteiger partial charge in [-0.15, -0.1) is 0 Å². The molecule has 1 amide bonds. The minimum atomic E-state index is -0.0537. The maximum Gasteiger partial charge on any atom is 0.251 e. The first-order valence-corrected chi connectivity index (χ1v) is 18.1. The molecule has 42 heavy (non-hydrogen) atoms. The molecule has 0 radical (unpaired) electrons. The van der Waals surface area contributed by atoms with Crippen molar-refractivity contribution in [2.45, 2.75) is 168 Å². The van der Waals surface area contributed by atoms with Gasteiger partial charge in [0, 0.05) is 18.2 Å². The third kappa shape index (κ3) is 22.8. The zero-order valence-corrected chi connectivity index (χ0v) is 27.8. The van der Waals surface area contributed by atoms with Gasteiger partial charge >= 0.3 is 0 Å². The number of hydrogen-bond acceptors (Lipinski definition) is 4. The van der Waals surface area contributed by atoms with Crippen molar-refractivity contribution in [2.75, 3.05) is 26.3 Å². The molecule has 1 aromatic carbocycles. The predicted molar refractivity (Wildman–Crippen MR) is 181 cm³/mol. The van der Waals surface area contributed by atoms with E-state index in [1.54, 1.807) is 0 Å². The van der Waals surface area contributed by atoms with Crippen molar-refractivity contribution in [3.63, 3.8) is 0 Å². The number of nitrogens with two attached hydrogens (primary N) is 1. The molecule has 1 aromatic rings. The van der Waals surface area contributed by atoms with Gasteiger partial charge in [0.2, 0.25) is 0 Å². The molecule has 1 rings (SSSR count). The molecule has 0 saturated carbocycles. The second-order valence-corrected chi connectivity index (χ2v) is 12.2. The summed E-state index contributed by atoms with van der Waals surface area (Å²) in [5, 5.41) is 3.07. The highest BCUT2D eigenvalue weighted by molar-refractivity contribution is 5.95. The third-order valence-electron chi connectivity index (χ3n) is 8.09. The molecule has 0 spiro atoms. The van der Waals surface area contributed by atoms with Crippen LogP contribution in [-0.4, -0.2) is 32.2 Å². The molecule has 0 aliphatic heterocycles. The Bertz CT molecular complexity index is 695.